The van der Waals surface area contributed by atoms with Gasteiger partial charge in [0.25, 0.3) is 0 Å². The number of fused-ring (bicyclic) bond motifs is 1. The molecule has 0 atom stereocenters. The van der Waals surface area contributed by atoms with Gasteiger partial charge in [-0.25, -0.2) is 9.97 Å². The molecule has 0 bridgehead atoms. The van der Waals surface area contributed by atoms with Gasteiger partial charge in [0.15, 0.2) is 15.8 Å². The number of aromatic nitrogens is 4. The number of benzene rings is 1. The normalized spacial score (nSPS) is 10.3. The Kier molecular flexibility index (Phi) is 5.11. The second-order valence-corrected chi connectivity index (χ2v) is 6.51. The van der Waals surface area contributed by atoms with E-state index in [0.717, 1.165) is 25.3 Å². The van der Waals surface area contributed by atoms with Crippen LogP contribution in [0.3, 0.4) is 0 Å². The van der Waals surface area contributed by atoms with E-state index in [9.17, 15) is 0 Å². The summed E-state index contributed by atoms with van der Waals surface area (Å²) in [7, 11) is 3.21. The first kappa shape index (κ1) is 16.4. The number of ether oxygens (including phenoxy) is 2. The predicted molar refractivity (Wildman–Crippen MR) is 85.0 cm³/mol. The number of nitrogens with zero attached hydrogens (tertiary/aromatic N) is 4. The molecule has 0 radical (unpaired) electrons. The summed E-state index contributed by atoms with van der Waals surface area (Å²) in [6.07, 6.45) is 1.53. The molecule has 0 saturated heterocycles. The maximum absolute atomic E-state index is 5.34. The van der Waals surface area contributed by atoms with Crippen molar-refractivity contribution in [1.29, 1.82) is 0 Å². The zero-order valence-corrected chi connectivity index (χ0v) is 13.8. The van der Waals surface area contributed by atoms with Crippen LogP contribution in [0.15, 0.2) is 27.8 Å². The van der Waals surface area contributed by atoms with Crippen LogP contribution >= 0.6 is 23.1 Å². The molecule has 2 N–H and O–H groups in total. The fraction of sp³-hybridized carbons (Fsp3) is 0.231. The lowest BCUT2D eigenvalue weighted by molar-refractivity contribution is 0.355. The number of hydrogen-bond donors (Lipinski definition) is 0. The van der Waals surface area contributed by atoms with Gasteiger partial charge < -0.3 is 14.9 Å². The van der Waals surface area contributed by atoms with Gasteiger partial charge >= 0.3 is 0 Å². The third-order valence-electron chi connectivity index (χ3n) is 2.80. The summed E-state index contributed by atoms with van der Waals surface area (Å²) >= 11 is 3.00. The minimum absolute atomic E-state index is 0. The molecule has 116 valence electrons. The Morgan fingerprint density at radius 3 is 2.41 bits per heavy atom. The second kappa shape index (κ2) is 6.86. The summed E-state index contributed by atoms with van der Waals surface area (Å²) in [6, 6.07) is 3.72. The summed E-state index contributed by atoms with van der Waals surface area (Å²) < 4.78 is 11.5. The molecule has 0 unspecified atom stereocenters. The lowest BCUT2D eigenvalue weighted by Gasteiger charge is -2.09. The number of methoxy groups -OCH3 is 2. The monoisotopic (exact) mass is 338 g/mol. The molecule has 2 heterocycles. The van der Waals surface area contributed by atoms with Crippen LogP contribution in [0.2, 0.25) is 0 Å². The molecule has 0 fully saturated rings. The van der Waals surface area contributed by atoms with Gasteiger partial charge in [-0.1, -0.05) is 11.3 Å². The van der Waals surface area contributed by atoms with E-state index < -0.39 is 0 Å². The molecule has 0 spiro atoms. The zero-order chi connectivity index (χ0) is 14.8. The molecule has 9 heteroatoms. The minimum atomic E-state index is 0. The van der Waals surface area contributed by atoms with E-state index in [1.54, 1.807) is 14.2 Å². The van der Waals surface area contributed by atoms with Gasteiger partial charge in [-0.3, -0.25) is 0 Å². The minimum Gasteiger partial charge on any atom is -0.493 e. The topological polar surface area (TPSA) is 102 Å². The highest BCUT2D eigenvalue weighted by Gasteiger charge is 2.13. The van der Waals surface area contributed by atoms with Crippen LogP contribution in [0.5, 0.6) is 11.5 Å². The molecular weight excluding hydrogens is 324 g/mol. The van der Waals surface area contributed by atoms with Crippen LogP contribution in [0.4, 0.5) is 0 Å². The number of rotatable bonds is 4. The molecular formula is C13H14N4O3S2. The first-order chi connectivity index (χ1) is 10.2. The standard InChI is InChI=1S/C13H12N4O2S2.H2O/c1-7-16-17-13(20-7)21-12-8-4-10(18-2)11(19-3)5-9(8)14-6-15-12;/h4-6H,1-3H3;1H2. The SMILES string of the molecule is COc1cc2ncnc(Sc3nnc(C)s3)c2cc1OC.O. The molecule has 1 aromatic carbocycles. The predicted octanol–water partition coefficient (Wildman–Crippen LogP) is 2.13. The fourth-order valence-corrected chi connectivity index (χ4v) is 3.64. The van der Waals surface area contributed by atoms with Gasteiger partial charge in [-0.15, -0.1) is 10.2 Å². The Balaban J connectivity index is 0.00000176. The summed E-state index contributed by atoms with van der Waals surface area (Å²) in [4.78, 5) is 8.62. The van der Waals surface area contributed by atoms with Crippen LogP contribution in [0.25, 0.3) is 10.9 Å². The van der Waals surface area contributed by atoms with Gasteiger partial charge in [-0.2, -0.15) is 0 Å². The van der Waals surface area contributed by atoms with Gasteiger partial charge in [0, 0.05) is 11.5 Å². The van der Waals surface area contributed by atoms with Gasteiger partial charge in [0.05, 0.1) is 19.7 Å². The van der Waals surface area contributed by atoms with E-state index in [2.05, 4.69) is 20.2 Å². The van der Waals surface area contributed by atoms with Crippen molar-refractivity contribution < 1.29 is 14.9 Å². The highest BCUT2D eigenvalue weighted by Crippen LogP contribution is 2.37. The molecule has 7 nitrogen and oxygen atoms in total. The van der Waals surface area contributed by atoms with Crippen molar-refractivity contribution in [3.63, 3.8) is 0 Å². The van der Waals surface area contributed by atoms with Gasteiger partial charge in [0.2, 0.25) is 0 Å². The van der Waals surface area contributed by atoms with Crippen molar-refractivity contribution in [1.82, 2.24) is 20.2 Å². The van der Waals surface area contributed by atoms with Crippen molar-refractivity contribution in [2.45, 2.75) is 16.3 Å². The fourth-order valence-electron chi connectivity index (χ4n) is 1.84. The summed E-state index contributed by atoms with van der Waals surface area (Å²) in [5, 5.41) is 10.8. The average molecular weight is 338 g/mol. The molecule has 0 aliphatic carbocycles. The summed E-state index contributed by atoms with van der Waals surface area (Å²) in [5.41, 5.74) is 0.798. The van der Waals surface area contributed by atoms with Crippen LogP contribution in [0, 0.1) is 6.92 Å². The van der Waals surface area contributed by atoms with Crippen LogP contribution < -0.4 is 9.47 Å². The molecule has 0 aliphatic heterocycles. The molecule has 0 aliphatic rings. The lowest BCUT2D eigenvalue weighted by Crippen LogP contribution is -1.93. The molecule has 0 amide bonds. The zero-order valence-electron chi connectivity index (χ0n) is 12.2. The van der Waals surface area contributed by atoms with E-state index in [1.807, 2.05) is 19.1 Å². The molecule has 0 saturated carbocycles. The van der Waals surface area contributed by atoms with E-state index in [-0.39, 0.29) is 5.48 Å². The van der Waals surface area contributed by atoms with E-state index in [0.29, 0.717) is 11.5 Å². The van der Waals surface area contributed by atoms with Crippen molar-refractivity contribution in [3.05, 3.63) is 23.5 Å². The van der Waals surface area contributed by atoms with Crippen LogP contribution in [0.1, 0.15) is 5.01 Å². The van der Waals surface area contributed by atoms with E-state index in [4.69, 9.17) is 9.47 Å². The Labute approximate surface area is 135 Å². The molecule has 3 rings (SSSR count). The summed E-state index contributed by atoms with van der Waals surface area (Å²) in [5.74, 6) is 1.29. The summed E-state index contributed by atoms with van der Waals surface area (Å²) in [6.45, 7) is 1.92. The second-order valence-electron chi connectivity index (χ2n) is 4.09. The molecule has 3 aromatic rings. The van der Waals surface area contributed by atoms with E-state index in [1.165, 1.54) is 29.4 Å². The first-order valence-corrected chi connectivity index (χ1v) is 7.69. The van der Waals surface area contributed by atoms with Crippen molar-refractivity contribution >= 4 is 34.0 Å². The van der Waals surface area contributed by atoms with Crippen molar-refractivity contribution in [2.75, 3.05) is 14.2 Å². The van der Waals surface area contributed by atoms with Crippen molar-refractivity contribution in [2.24, 2.45) is 0 Å². The number of aryl methyl sites for hydroxylation is 1. The molecule has 22 heavy (non-hydrogen) atoms. The third kappa shape index (κ3) is 3.11. The Bertz CT molecular complexity index is 794. The number of hydrogen-bond acceptors (Lipinski definition) is 8. The van der Waals surface area contributed by atoms with Gasteiger partial charge in [-0.05, 0) is 24.8 Å². The Hall–Kier alpha value is -1.97. The Morgan fingerprint density at radius 1 is 1.05 bits per heavy atom. The highest BCUT2D eigenvalue weighted by atomic mass is 32.2. The maximum Gasteiger partial charge on any atom is 0.180 e. The molecule has 2 aromatic heterocycles. The van der Waals surface area contributed by atoms with E-state index >= 15 is 0 Å². The van der Waals surface area contributed by atoms with Crippen molar-refractivity contribution in [3.8, 4) is 11.5 Å². The first-order valence-electron chi connectivity index (χ1n) is 6.06. The average Bonchev–Trinajstić information content (AvgIpc) is 2.91. The van der Waals surface area contributed by atoms with Crippen LogP contribution in [-0.4, -0.2) is 39.9 Å². The smallest absolute Gasteiger partial charge is 0.180 e. The highest BCUT2D eigenvalue weighted by molar-refractivity contribution is 8.01. The quantitative estimate of drug-likeness (QED) is 0.671. The maximum atomic E-state index is 5.34. The van der Waals surface area contributed by atoms with Gasteiger partial charge in [0.1, 0.15) is 16.4 Å². The van der Waals surface area contributed by atoms with Crippen LogP contribution in [-0.2, 0) is 0 Å². The largest absolute Gasteiger partial charge is 0.493 e. The third-order valence-corrected chi connectivity index (χ3v) is 4.70. The lowest BCUT2D eigenvalue weighted by atomic mass is 10.2. The Morgan fingerprint density at radius 2 is 1.77 bits per heavy atom.